The summed E-state index contributed by atoms with van der Waals surface area (Å²) >= 11 is 0. The van der Waals surface area contributed by atoms with Crippen molar-refractivity contribution in [1.82, 2.24) is 0 Å². The molecule has 0 bridgehead atoms. The Morgan fingerprint density at radius 1 is 1.00 bits per heavy atom. The van der Waals surface area contributed by atoms with Crippen LogP contribution in [-0.2, 0) is 0 Å². The molecule has 1 rings (SSSR count). The van der Waals surface area contributed by atoms with E-state index in [1.165, 1.54) is 0 Å². The molecule has 0 aromatic carbocycles. The van der Waals surface area contributed by atoms with Gasteiger partial charge in [-0.25, -0.2) is 0 Å². The van der Waals surface area contributed by atoms with Crippen LogP contribution in [0.4, 0.5) is 0 Å². The Morgan fingerprint density at radius 3 is 1.62 bits per heavy atom. The van der Waals surface area contributed by atoms with E-state index >= 15 is 0 Å². The van der Waals surface area contributed by atoms with Crippen LogP contribution in [0.2, 0.25) is 0 Å². The minimum Gasteiger partial charge on any atom is -0.198 e. The van der Waals surface area contributed by atoms with Gasteiger partial charge in [-0.15, -0.1) is 0 Å². The lowest BCUT2D eigenvalue weighted by Gasteiger charge is -2.25. The highest BCUT2D eigenvalue weighted by Crippen LogP contribution is 2.43. The Balaban J connectivity index is 2.66. The lowest BCUT2D eigenvalue weighted by Crippen LogP contribution is -2.18. The van der Waals surface area contributed by atoms with Crippen LogP contribution in [0.5, 0.6) is 0 Å². The van der Waals surface area contributed by atoms with Crippen molar-refractivity contribution in [2.24, 2.45) is 29.6 Å². The molecule has 0 N–H and O–H groups in total. The highest BCUT2D eigenvalue weighted by Gasteiger charge is 2.37. The van der Waals surface area contributed by atoms with Crippen LogP contribution in [-0.4, -0.2) is 0 Å². The number of hydrogen-bond donors (Lipinski definition) is 0. The first-order valence-corrected chi connectivity index (χ1v) is 5.45. The fourth-order valence-corrected chi connectivity index (χ4v) is 2.74. The Labute approximate surface area is 82.1 Å². The Morgan fingerprint density at radius 2 is 1.38 bits per heavy atom. The molecule has 2 unspecified atom stereocenters. The maximum atomic E-state index is 8.92. The zero-order chi connectivity index (χ0) is 10.0. The third-order valence-corrected chi connectivity index (χ3v) is 3.56. The maximum Gasteiger partial charge on any atom is 0.0656 e. The molecule has 1 aliphatic rings. The van der Waals surface area contributed by atoms with Gasteiger partial charge in [-0.3, -0.25) is 0 Å². The highest BCUT2D eigenvalue weighted by atomic mass is 14.4. The maximum absolute atomic E-state index is 8.92. The van der Waals surface area contributed by atoms with E-state index in [0.29, 0.717) is 5.92 Å². The number of rotatable bonds is 2. The van der Waals surface area contributed by atoms with E-state index in [2.05, 4.69) is 33.8 Å². The molecule has 0 aromatic rings. The summed E-state index contributed by atoms with van der Waals surface area (Å²) in [6.07, 6.45) is 2.27. The lowest BCUT2D eigenvalue weighted by molar-refractivity contribution is 0.235. The average Bonchev–Trinajstić information content (AvgIpc) is 2.47. The van der Waals surface area contributed by atoms with Gasteiger partial charge in [0.1, 0.15) is 0 Å². The first kappa shape index (κ1) is 10.6. The van der Waals surface area contributed by atoms with E-state index in [1.807, 2.05) is 0 Å². The van der Waals surface area contributed by atoms with Gasteiger partial charge in [-0.2, -0.15) is 5.26 Å². The van der Waals surface area contributed by atoms with Gasteiger partial charge in [-0.1, -0.05) is 27.7 Å². The molecule has 74 valence electrons. The first-order chi connectivity index (χ1) is 6.06. The molecule has 2 atom stereocenters. The quantitative estimate of drug-likeness (QED) is 0.636. The summed E-state index contributed by atoms with van der Waals surface area (Å²) in [7, 11) is 0. The second kappa shape index (κ2) is 4.13. The van der Waals surface area contributed by atoms with Gasteiger partial charge in [0.15, 0.2) is 0 Å². The van der Waals surface area contributed by atoms with E-state index < -0.39 is 0 Å². The number of nitrogens with zero attached hydrogens (tertiary/aromatic N) is 1. The SMILES string of the molecule is CC(C)C1CC(C#N)CC1C(C)C. The molecular formula is C12H21N. The van der Waals surface area contributed by atoms with Crippen molar-refractivity contribution in [1.29, 1.82) is 5.26 Å². The fraction of sp³-hybridized carbons (Fsp3) is 0.917. The molecule has 0 radical (unpaired) electrons. The van der Waals surface area contributed by atoms with E-state index in [1.54, 1.807) is 0 Å². The molecular weight excluding hydrogens is 158 g/mol. The standard InChI is InChI=1S/C12H21N/c1-8(2)11-5-10(7-13)6-12(11)9(3)4/h8-12H,5-6H2,1-4H3. The van der Waals surface area contributed by atoms with Crippen LogP contribution in [0.1, 0.15) is 40.5 Å². The number of hydrogen-bond acceptors (Lipinski definition) is 1. The van der Waals surface area contributed by atoms with Gasteiger partial charge >= 0.3 is 0 Å². The van der Waals surface area contributed by atoms with Gasteiger partial charge < -0.3 is 0 Å². The smallest absolute Gasteiger partial charge is 0.0656 e. The lowest BCUT2D eigenvalue weighted by atomic mass is 9.80. The van der Waals surface area contributed by atoms with Gasteiger partial charge in [0.05, 0.1) is 6.07 Å². The Bertz CT molecular complexity index is 184. The van der Waals surface area contributed by atoms with Gasteiger partial charge in [-0.05, 0) is 36.5 Å². The monoisotopic (exact) mass is 179 g/mol. The summed E-state index contributed by atoms with van der Waals surface area (Å²) in [6, 6.07) is 2.43. The van der Waals surface area contributed by atoms with Crippen LogP contribution < -0.4 is 0 Å². The molecule has 1 nitrogen and oxygen atoms in total. The van der Waals surface area contributed by atoms with E-state index in [0.717, 1.165) is 36.5 Å². The van der Waals surface area contributed by atoms with Crippen molar-refractivity contribution in [2.75, 3.05) is 0 Å². The molecule has 0 heterocycles. The Hall–Kier alpha value is -0.510. The average molecular weight is 179 g/mol. The van der Waals surface area contributed by atoms with Crippen LogP contribution in [0, 0.1) is 40.9 Å². The van der Waals surface area contributed by atoms with Crippen molar-refractivity contribution in [3.05, 3.63) is 0 Å². The molecule has 1 fully saturated rings. The predicted molar refractivity (Wildman–Crippen MR) is 55.0 cm³/mol. The van der Waals surface area contributed by atoms with Crippen LogP contribution in [0.15, 0.2) is 0 Å². The van der Waals surface area contributed by atoms with Crippen molar-refractivity contribution < 1.29 is 0 Å². The van der Waals surface area contributed by atoms with E-state index in [4.69, 9.17) is 5.26 Å². The first-order valence-electron chi connectivity index (χ1n) is 5.45. The van der Waals surface area contributed by atoms with Gasteiger partial charge in [0.2, 0.25) is 0 Å². The summed E-state index contributed by atoms with van der Waals surface area (Å²) in [5.74, 6) is 3.38. The highest BCUT2D eigenvalue weighted by molar-refractivity contribution is 4.95. The third-order valence-electron chi connectivity index (χ3n) is 3.56. The van der Waals surface area contributed by atoms with Crippen molar-refractivity contribution in [2.45, 2.75) is 40.5 Å². The van der Waals surface area contributed by atoms with Crippen molar-refractivity contribution in [3.63, 3.8) is 0 Å². The zero-order valence-electron chi connectivity index (χ0n) is 9.25. The molecule has 0 amide bonds. The topological polar surface area (TPSA) is 23.8 Å². The van der Waals surface area contributed by atoms with Crippen molar-refractivity contribution >= 4 is 0 Å². The summed E-state index contributed by atoms with van der Waals surface area (Å²) in [6.45, 7) is 9.17. The molecule has 0 aliphatic heterocycles. The molecule has 1 saturated carbocycles. The predicted octanol–water partition coefficient (Wildman–Crippen LogP) is 3.46. The van der Waals surface area contributed by atoms with Crippen LogP contribution in [0.25, 0.3) is 0 Å². The third kappa shape index (κ3) is 2.24. The second-order valence-electron chi connectivity index (χ2n) is 5.11. The van der Waals surface area contributed by atoms with Crippen molar-refractivity contribution in [3.8, 4) is 6.07 Å². The molecule has 1 heteroatoms. The summed E-state index contributed by atoms with van der Waals surface area (Å²) < 4.78 is 0. The molecule has 0 spiro atoms. The molecule has 0 saturated heterocycles. The molecule has 1 aliphatic carbocycles. The molecule has 0 aromatic heterocycles. The minimum atomic E-state index is 0.333. The summed E-state index contributed by atoms with van der Waals surface area (Å²) in [4.78, 5) is 0. The van der Waals surface area contributed by atoms with Gasteiger partial charge in [0, 0.05) is 5.92 Å². The van der Waals surface area contributed by atoms with Gasteiger partial charge in [0.25, 0.3) is 0 Å². The fourth-order valence-electron chi connectivity index (χ4n) is 2.74. The summed E-state index contributed by atoms with van der Waals surface area (Å²) in [5, 5.41) is 8.92. The second-order valence-corrected chi connectivity index (χ2v) is 5.11. The molecule has 13 heavy (non-hydrogen) atoms. The van der Waals surface area contributed by atoms with E-state index in [-0.39, 0.29) is 0 Å². The van der Waals surface area contributed by atoms with Crippen LogP contribution >= 0.6 is 0 Å². The Kier molecular flexibility index (Phi) is 3.36. The van der Waals surface area contributed by atoms with Crippen LogP contribution in [0.3, 0.4) is 0 Å². The zero-order valence-corrected chi connectivity index (χ0v) is 9.25. The summed E-state index contributed by atoms with van der Waals surface area (Å²) in [5.41, 5.74) is 0. The van der Waals surface area contributed by atoms with E-state index in [9.17, 15) is 0 Å². The number of nitriles is 1. The normalized spacial score (nSPS) is 34.1. The minimum absolute atomic E-state index is 0.333. The largest absolute Gasteiger partial charge is 0.198 e.